The molecule has 1 fully saturated rings. The Morgan fingerprint density at radius 3 is 2.50 bits per heavy atom. The molecule has 6 heteroatoms. The minimum atomic E-state index is -2.73. The minimum absolute atomic E-state index is 0. The minimum Gasteiger partial charge on any atom is -0.480 e. The summed E-state index contributed by atoms with van der Waals surface area (Å²) in [6.45, 7) is -0.524. The summed E-state index contributed by atoms with van der Waals surface area (Å²) in [5.41, 5.74) is 0. The summed E-state index contributed by atoms with van der Waals surface area (Å²) in [5.74, 6) is -3.79. The van der Waals surface area contributed by atoms with E-state index in [0.717, 1.165) is 0 Å². The molecular formula is C6H10ClF2NO2. The number of alkyl halides is 2. The lowest BCUT2D eigenvalue weighted by molar-refractivity contribution is -0.142. The van der Waals surface area contributed by atoms with Crippen LogP contribution in [0.4, 0.5) is 8.78 Å². The number of hydrogen-bond donors (Lipinski definition) is 2. The van der Waals surface area contributed by atoms with Crippen molar-refractivity contribution in [3.05, 3.63) is 0 Å². The van der Waals surface area contributed by atoms with Gasteiger partial charge in [0.05, 0.1) is 6.54 Å². The number of halogens is 3. The molecule has 0 amide bonds. The van der Waals surface area contributed by atoms with Crippen LogP contribution in [0.25, 0.3) is 0 Å². The maximum atomic E-state index is 12.4. The number of nitrogens with one attached hydrogen (secondary N) is 1. The average molecular weight is 202 g/mol. The first-order valence-electron chi connectivity index (χ1n) is 3.35. The van der Waals surface area contributed by atoms with E-state index >= 15 is 0 Å². The van der Waals surface area contributed by atoms with Gasteiger partial charge in [-0.2, -0.15) is 0 Å². The zero-order valence-corrected chi connectivity index (χ0v) is 7.03. The highest BCUT2D eigenvalue weighted by atomic mass is 35.5. The molecule has 1 saturated heterocycles. The number of carboxylic acids is 1. The smallest absolute Gasteiger partial charge is 0.320 e. The first kappa shape index (κ1) is 11.6. The maximum absolute atomic E-state index is 12.4. The number of carboxylic acid groups (broad SMARTS) is 1. The second-order valence-corrected chi connectivity index (χ2v) is 2.67. The summed E-state index contributed by atoms with van der Waals surface area (Å²) >= 11 is 0. The monoisotopic (exact) mass is 201 g/mol. The molecule has 0 bridgehead atoms. The van der Waals surface area contributed by atoms with Gasteiger partial charge in [0.1, 0.15) is 6.04 Å². The molecule has 1 aliphatic rings. The standard InChI is InChI=1S/C6H9F2NO2.ClH/c7-6(8)2-1-4(5(10)11)9-3-6;/h4,9H,1-3H2,(H,10,11);1H/t4-;/m0./s1. The highest BCUT2D eigenvalue weighted by Gasteiger charge is 2.36. The Balaban J connectivity index is 0.00000121. The molecule has 0 radical (unpaired) electrons. The predicted octanol–water partition coefficient (Wildman–Crippen LogP) is 0.880. The van der Waals surface area contributed by atoms with Crippen LogP contribution in [0.1, 0.15) is 12.8 Å². The molecule has 1 heterocycles. The van der Waals surface area contributed by atoms with E-state index in [-0.39, 0.29) is 25.2 Å². The van der Waals surface area contributed by atoms with Crippen LogP contribution in [-0.2, 0) is 4.79 Å². The van der Waals surface area contributed by atoms with Crippen molar-refractivity contribution in [3.8, 4) is 0 Å². The van der Waals surface area contributed by atoms with E-state index in [1.807, 2.05) is 0 Å². The van der Waals surface area contributed by atoms with Gasteiger partial charge in [0, 0.05) is 6.42 Å². The van der Waals surface area contributed by atoms with E-state index in [9.17, 15) is 13.6 Å². The molecule has 1 aliphatic heterocycles. The van der Waals surface area contributed by atoms with Crippen LogP contribution in [0.15, 0.2) is 0 Å². The molecule has 0 aliphatic carbocycles. The number of carbonyl (C=O) groups is 1. The van der Waals surface area contributed by atoms with Crippen LogP contribution >= 0.6 is 12.4 Å². The SMILES string of the molecule is Cl.O=C(O)[C@@H]1CCC(F)(F)CN1. The zero-order chi connectivity index (χ0) is 8.48. The largest absolute Gasteiger partial charge is 0.480 e. The molecule has 0 saturated carbocycles. The fourth-order valence-electron chi connectivity index (χ4n) is 1.03. The van der Waals surface area contributed by atoms with Crippen molar-refractivity contribution in [1.29, 1.82) is 0 Å². The third-order valence-corrected chi connectivity index (χ3v) is 1.70. The lowest BCUT2D eigenvalue weighted by Crippen LogP contribution is -2.48. The van der Waals surface area contributed by atoms with E-state index in [0.29, 0.717) is 0 Å². The normalized spacial score (nSPS) is 27.3. The number of aliphatic carboxylic acids is 1. The summed E-state index contributed by atoms with van der Waals surface area (Å²) in [7, 11) is 0. The average Bonchev–Trinajstić information content (AvgIpc) is 1.86. The zero-order valence-electron chi connectivity index (χ0n) is 6.22. The third kappa shape index (κ3) is 2.91. The highest BCUT2D eigenvalue weighted by molar-refractivity contribution is 5.85. The van der Waals surface area contributed by atoms with Gasteiger partial charge in [0.2, 0.25) is 0 Å². The van der Waals surface area contributed by atoms with Crippen molar-refractivity contribution in [2.45, 2.75) is 24.8 Å². The van der Waals surface area contributed by atoms with E-state index in [2.05, 4.69) is 5.32 Å². The maximum Gasteiger partial charge on any atom is 0.320 e. The van der Waals surface area contributed by atoms with Gasteiger partial charge in [-0.1, -0.05) is 0 Å². The molecular weight excluding hydrogens is 192 g/mol. The Morgan fingerprint density at radius 2 is 2.17 bits per heavy atom. The number of hydrogen-bond acceptors (Lipinski definition) is 2. The van der Waals surface area contributed by atoms with Crippen molar-refractivity contribution in [1.82, 2.24) is 5.32 Å². The van der Waals surface area contributed by atoms with Crippen LogP contribution in [0.5, 0.6) is 0 Å². The van der Waals surface area contributed by atoms with Crippen molar-refractivity contribution in [2.75, 3.05) is 6.54 Å². The second-order valence-electron chi connectivity index (χ2n) is 2.67. The Kier molecular flexibility index (Phi) is 3.86. The third-order valence-electron chi connectivity index (χ3n) is 1.70. The van der Waals surface area contributed by atoms with Crippen LogP contribution in [0.2, 0.25) is 0 Å². The first-order valence-corrected chi connectivity index (χ1v) is 3.35. The summed E-state index contributed by atoms with van der Waals surface area (Å²) in [6, 6.07) is -0.797. The molecule has 0 spiro atoms. The predicted molar refractivity (Wildman–Crippen MR) is 40.9 cm³/mol. The van der Waals surface area contributed by atoms with E-state index < -0.39 is 24.5 Å². The fourth-order valence-corrected chi connectivity index (χ4v) is 1.03. The molecule has 0 aromatic rings. The molecule has 0 unspecified atom stereocenters. The summed E-state index contributed by atoms with van der Waals surface area (Å²) in [6.07, 6.45) is -0.334. The summed E-state index contributed by atoms with van der Waals surface area (Å²) in [5, 5.41) is 10.7. The van der Waals surface area contributed by atoms with Crippen LogP contribution in [0, 0.1) is 0 Å². The van der Waals surface area contributed by atoms with Crippen molar-refractivity contribution < 1.29 is 18.7 Å². The second kappa shape index (κ2) is 4.00. The van der Waals surface area contributed by atoms with Gasteiger partial charge in [0.15, 0.2) is 0 Å². The fraction of sp³-hybridized carbons (Fsp3) is 0.833. The Bertz CT molecular complexity index is 167. The molecule has 0 aromatic carbocycles. The van der Waals surface area contributed by atoms with E-state index in [1.54, 1.807) is 0 Å². The van der Waals surface area contributed by atoms with E-state index in [4.69, 9.17) is 5.11 Å². The highest BCUT2D eigenvalue weighted by Crippen LogP contribution is 2.24. The van der Waals surface area contributed by atoms with Gasteiger partial charge >= 0.3 is 5.97 Å². The number of piperidine rings is 1. The van der Waals surface area contributed by atoms with Crippen LogP contribution in [-0.4, -0.2) is 29.6 Å². The Labute approximate surface area is 74.5 Å². The van der Waals surface area contributed by atoms with Gasteiger partial charge in [-0.25, -0.2) is 8.78 Å². The van der Waals surface area contributed by atoms with Crippen LogP contribution in [0.3, 0.4) is 0 Å². The molecule has 2 N–H and O–H groups in total. The van der Waals surface area contributed by atoms with Gasteiger partial charge in [0.25, 0.3) is 5.92 Å². The van der Waals surface area contributed by atoms with Crippen molar-refractivity contribution >= 4 is 18.4 Å². The molecule has 1 atom stereocenters. The Hall–Kier alpha value is -0.420. The Morgan fingerprint density at radius 1 is 1.58 bits per heavy atom. The van der Waals surface area contributed by atoms with E-state index in [1.165, 1.54) is 0 Å². The summed E-state index contributed by atoms with van der Waals surface area (Å²) < 4.78 is 24.8. The van der Waals surface area contributed by atoms with Gasteiger partial charge in [-0.05, 0) is 6.42 Å². The van der Waals surface area contributed by atoms with Crippen LogP contribution < -0.4 is 5.32 Å². The van der Waals surface area contributed by atoms with Crippen molar-refractivity contribution in [2.24, 2.45) is 0 Å². The topological polar surface area (TPSA) is 49.3 Å². The molecule has 12 heavy (non-hydrogen) atoms. The summed E-state index contributed by atoms with van der Waals surface area (Å²) in [4.78, 5) is 10.3. The quantitative estimate of drug-likeness (QED) is 0.662. The molecule has 72 valence electrons. The van der Waals surface area contributed by atoms with Gasteiger partial charge < -0.3 is 5.11 Å². The first-order chi connectivity index (χ1) is 5.01. The lowest BCUT2D eigenvalue weighted by atomic mass is 10.0. The molecule has 3 nitrogen and oxygen atoms in total. The lowest BCUT2D eigenvalue weighted by Gasteiger charge is -2.26. The van der Waals surface area contributed by atoms with Crippen molar-refractivity contribution in [3.63, 3.8) is 0 Å². The van der Waals surface area contributed by atoms with Gasteiger partial charge in [-0.15, -0.1) is 12.4 Å². The molecule has 0 aromatic heterocycles. The number of rotatable bonds is 1. The van der Waals surface area contributed by atoms with Gasteiger partial charge in [-0.3, -0.25) is 10.1 Å². The molecule has 1 rings (SSSR count).